The second-order valence-corrected chi connectivity index (χ2v) is 9.65. The molecule has 31 heavy (non-hydrogen) atoms. The van der Waals surface area contributed by atoms with Gasteiger partial charge in [-0.25, -0.2) is 4.79 Å². The van der Waals surface area contributed by atoms with E-state index in [1.807, 2.05) is 17.0 Å². The molecular formula is C27H29NO3. The first-order valence-corrected chi connectivity index (χ1v) is 10.6. The molecule has 2 N–H and O–H groups in total. The molecule has 4 rings (SSSR count). The molecule has 3 aromatic carbocycles. The third-order valence-electron chi connectivity index (χ3n) is 6.48. The largest absolute Gasteiger partial charge is 0.478 e. The Balaban J connectivity index is 1.85. The van der Waals surface area contributed by atoms with Crippen molar-refractivity contribution in [2.24, 2.45) is 0 Å². The second-order valence-electron chi connectivity index (χ2n) is 9.65. The monoisotopic (exact) mass is 415 g/mol. The van der Waals surface area contributed by atoms with Crippen molar-refractivity contribution >= 4 is 17.3 Å². The number of carboxylic acid groups (broad SMARTS) is 1. The molecule has 4 heteroatoms. The summed E-state index contributed by atoms with van der Waals surface area (Å²) in [5, 5.41) is 20.9. The minimum Gasteiger partial charge on any atom is -0.478 e. The number of rotatable bonds is 3. The Bertz CT molecular complexity index is 1130. The molecule has 0 amide bonds. The highest BCUT2D eigenvalue weighted by Gasteiger charge is 2.49. The fourth-order valence-corrected chi connectivity index (χ4v) is 4.47. The summed E-state index contributed by atoms with van der Waals surface area (Å²) in [4.78, 5) is 13.2. The van der Waals surface area contributed by atoms with Crippen LogP contribution in [0.5, 0.6) is 0 Å². The van der Waals surface area contributed by atoms with Crippen LogP contribution in [0.4, 0.5) is 11.4 Å². The van der Waals surface area contributed by atoms with E-state index in [1.54, 1.807) is 24.3 Å². The van der Waals surface area contributed by atoms with E-state index in [1.165, 1.54) is 5.56 Å². The van der Waals surface area contributed by atoms with Crippen LogP contribution in [-0.2, 0) is 10.8 Å². The van der Waals surface area contributed by atoms with Crippen LogP contribution < -0.4 is 4.90 Å². The first-order valence-electron chi connectivity index (χ1n) is 10.6. The molecule has 0 aromatic heterocycles. The maximum atomic E-state index is 11.6. The minimum atomic E-state index is -0.965. The lowest BCUT2D eigenvalue weighted by molar-refractivity contribution is 0.0697. The Morgan fingerprint density at radius 3 is 2.13 bits per heavy atom. The van der Waals surface area contributed by atoms with Crippen molar-refractivity contribution in [3.63, 3.8) is 0 Å². The van der Waals surface area contributed by atoms with Gasteiger partial charge in [0, 0.05) is 11.4 Å². The summed E-state index contributed by atoms with van der Waals surface area (Å²) in [7, 11) is 0. The molecule has 1 heterocycles. The molecular weight excluding hydrogens is 386 g/mol. The Morgan fingerprint density at radius 2 is 1.58 bits per heavy atom. The summed E-state index contributed by atoms with van der Waals surface area (Å²) in [6, 6.07) is 21.4. The topological polar surface area (TPSA) is 60.8 Å². The van der Waals surface area contributed by atoms with Crippen LogP contribution in [0.25, 0.3) is 0 Å². The molecule has 1 aliphatic heterocycles. The number of hydrogen-bond donors (Lipinski definition) is 2. The van der Waals surface area contributed by atoms with Crippen molar-refractivity contribution in [1.82, 2.24) is 0 Å². The number of aliphatic hydroxyl groups excluding tert-OH is 1. The van der Waals surface area contributed by atoms with E-state index in [-0.39, 0.29) is 11.0 Å². The van der Waals surface area contributed by atoms with Gasteiger partial charge in [-0.3, -0.25) is 0 Å². The van der Waals surface area contributed by atoms with Crippen LogP contribution >= 0.6 is 0 Å². The summed E-state index contributed by atoms with van der Waals surface area (Å²) in [6.07, 6.45) is -0.833. The summed E-state index contributed by atoms with van der Waals surface area (Å²) in [6.45, 7) is 10.7. The SMILES string of the molecule is Cc1ccc2c(c1)C(C)(c1ccc(C(C)(C)C)cc1)C(O)N2c1ccc(C(=O)O)cc1. The second kappa shape index (κ2) is 7.24. The van der Waals surface area contributed by atoms with E-state index in [0.717, 1.165) is 28.1 Å². The zero-order valence-corrected chi connectivity index (χ0v) is 18.7. The van der Waals surface area contributed by atoms with Crippen molar-refractivity contribution in [3.8, 4) is 0 Å². The molecule has 0 aliphatic carbocycles. The number of aromatic carboxylic acids is 1. The van der Waals surface area contributed by atoms with Crippen LogP contribution in [0.2, 0.25) is 0 Å². The van der Waals surface area contributed by atoms with Gasteiger partial charge in [0.2, 0.25) is 0 Å². The third-order valence-corrected chi connectivity index (χ3v) is 6.48. The molecule has 0 spiro atoms. The van der Waals surface area contributed by atoms with E-state index in [4.69, 9.17) is 0 Å². The number of anilines is 2. The van der Waals surface area contributed by atoms with Gasteiger partial charge < -0.3 is 15.1 Å². The highest BCUT2D eigenvalue weighted by molar-refractivity contribution is 5.88. The summed E-state index contributed by atoms with van der Waals surface area (Å²) in [5.74, 6) is -0.965. The molecule has 3 aromatic rings. The van der Waals surface area contributed by atoms with Gasteiger partial charge in [-0.2, -0.15) is 0 Å². The van der Waals surface area contributed by atoms with Crippen LogP contribution in [-0.4, -0.2) is 22.4 Å². The maximum Gasteiger partial charge on any atom is 0.335 e. The average molecular weight is 416 g/mol. The smallest absolute Gasteiger partial charge is 0.335 e. The molecule has 4 nitrogen and oxygen atoms in total. The number of aliphatic hydroxyl groups is 1. The highest BCUT2D eigenvalue weighted by atomic mass is 16.4. The van der Waals surface area contributed by atoms with Crippen molar-refractivity contribution in [1.29, 1.82) is 0 Å². The fourth-order valence-electron chi connectivity index (χ4n) is 4.47. The van der Waals surface area contributed by atoms with E-state index >= 15 is 0 Å². The van der Waals surface area contributed by atoms with E-state index < -0.39 is 17.6 Å². The Hall–Kier alpha value is -3.11. The Kier molecular flexibility index (Phi) is 4.94. The van der Waals surface area contributed by atoms with Crippen molar-refractivity contribution < 1.29 is 15.0 Å². The van der Waals surface area contributed by atoms with Gasteiger partial charge >= 0.3 is 5.97 Å². The summed E-state index contributed by atoms with van der Waals surface area (Å²) < 4.78 is 0. The van der Waals surface area contributed by atoms with Gasteiger partial charge in [-0.15, -0.1) is 0 Å². The average Bonchev–Trinajstić information content (AvgIpc) is 2.95. The first kappa shape index (κ1) is 21.1. The Labute approximate surface area is 183 Å². The summed E-state index contributed by atoms with van der Waals surface area (Å²) >= 11 is 0. The quantitative estimate of drug-likeness (QED) is 0.570. The highest BCUT2D eigenvalue weighted by Crippen LogP contribution is 2.51. The third kappa shape index (κ3) is 3.41. The lowest BCUT2D eigenvalue weighted by Gasteiger charge is -2.34. The molecule has 0 saturated heterocycles. The van der Waals surface area contributed by atoms with Crippen LogP contribution in [0.15, 0.2) is 66.7 Å². The van der Waals surface area contributed by atoms with E-state index in [0.29, 0.717) is 0 Å². The maximum absolute atomic E-state index is 11.6. The lowest BCUT2D eigenvalue weighted by Crippen LogP contribution is -2.41. The van der Waals surface area contributed by atoms with Crippen molar-refractivity contribution in [3.05, 3.63) is 94.5 Å². The van der Waals surface area contributed by atoms with Gasteiger partial charge in [0.05, 0.1) is 11.0 Å². The van der Waals surface area contributed by atoms with Gasteiger partial charge in [0.15, 0.2) is 0 Å². The van der Waals surface area contributed by atoms with Crippen LogP contribution in [0, 0.1) is 6.92 Å². The van der Waals surface area contributed by atoms with Crippen LogP contribution in [0.1, 0.15) is 60.3 Å². The number of carbonyl (C=O) groups is 1. The molecule has 0 saturated carbocycles. The van der Waals surface area contributed by atoms with Crippen molar-refractivity contribution in [2.75, 3.05) is 4.90 Å². The number of fused-ring (bicyclic) bond motifs is 1. The predicted molar refractivity (Wildman–Crippen MR) is 124 cm³/mol. The lowest BCUT2D eigenvalue weighted by atomic mass is 9.75. The number of hydrogen-bond acceptors (Lipinski definition) is 3. The molecule has 160 valence electrons. The van der Waals surface area contributed by atoms with Gasteiger partial charge in [-0.1, -0.05) is 62.7 Å². The number of benzene rings is 3. The van der Waals surface area contributed by atoms with Gasteiger partial charge in [0.25, 0.3) is 0 Å². The zero-order chi connectivity index (χ0) is 22.6. The van der Waals surface area contributed by atoms with Crippen molar-refractivity contribution in [2.45, 2.75) is 51.7 Å². The molecule has 0 fully saturated rings. The summed E-state index contributed by atoms with van der Waals surface area (Å²) in [5.41, 5.74) is 5.83. The molecule has 0 bridgehead atoms. The number of aryl methyl sites for hydroxylation is 1. The number of carboxylic acids is 1. The molecule has 2 atom stereocenters. The Morgan fingerprint density at radius 1 is 0.968 bits per heavy atom. The van der Waals surface area contributed by atoms with Gasteiger partial charge in [0.1, 0.15) is 6.23 Å². The first-order chi connectivity index (χ1) is 14.5. The van der Waals surface area contributed by atoms with E-state index in [9.17, 15) is 15.0 Å². The van der Waals surface area contributed by atoms with Crippen LogP contribution in [0.3, 0.4) is 0 Å². The normalized spacial score (nSPS) is 20.6. The molecule has 1 aliphatic rings. The minimum absolute atomic E-state index is 0.0557. The van der Waals surface area contributed by atoms with E-state index in [2.05, 4.69) is 65.0 Å². The zero-order valence-electron chi connectivity index (χ0n) is 18.7. The molecule has 2 unspecified atom stereocenters. The number of nitrogens with zero attached hydrogens (tertiary/aromatic N) is 1. The standard InChI is InChI=1S/C27H29NO3/c1-17-6-15-23-22(16-17)27(5,20-11-9-19(10-12-20)26(2,3)4)25(31)28(23)21-13-7-18(8-14-21)24(29)30/h6-16,25,31H,1-5H3,(H,29,30). The van der Waals surface area contributed by atoms with Gasteiger partial charge in [-0.05, 0) is 66.3 Å². The predicted octanol–water partition coefficient (Wildman–Crippen LogP) is 5.77. The fraction of sp³-hybridized carbons (Fsp3) is 0.296. The molecule has 0 radical (unpaired) electrons.